The van der Waals surface area contributed by atoms with E-state index < -0.39 is 0 Å². The molecule has 0 saturated carbocycles. The van der Waals surface area contributed by atoms with Gasteiger partial charge in [-0.1, -0.05) is 11.6 Å². The molecule has 0 unspecified atom stereocenters. The van der Waals surface area contributed by atoms with Crippen molar-refractivity contribution >= 4 is 17.5 Å². The molecule has 8 nitrogen and oxygen atoms in total. The number of pyridine rings is 1. The highest BCUT2D eigenvalue weighted by atomic mass is 35.5. The van der Waals surface area contributed by atoms with Gasteiger partial charge in [-0.05, 0) is 30.3 Å². The third-order valence-electron chi connectivity index (χ3n) is 4.30. The summed E-state index contributed by atoms with van der Waals surface area (Å²) < 4.78 is 12.8. The van der Waals surface area contributed by atoms with Crippen LogP contribution in [0, 0.1) is 0 Å². The van der Waals surface area contributed by atoms with Gasteiger partial charge in [0.1, 0.15) is 12.4 Å². The van der Waals surface area contributed by atoms with Crippen molar-refractivity contribution in [1.29, 1.82) is 0 Å². The molecule has 1 aliphatic heterocycles. The highest BCUT2D eigenvalue weighted by Gasteiger charge is 2.18. The number of benzene rings is 1. The molecule has 1 aromatic carbocycles. The zero-order valence-corrected chi connectivity index (χ0v) is 15.7. The van der Waals surface area contributed by atoms with E-state index in [1.807, 2.05) is 12.1 Å². The van der Waals surface area contributed by atoms with Crippen LogP contribution in [0.4, 0.5) is 0 Å². The number of nitrogens with zero attached hydrogens (tertiary/aromatic N) is 4. The third kappa shape index (κ3) is 4.29. The van der Waals surface area contributed by atoms with E-state index in [1.165, 1.54) is 6.20 Å². The number of aromatic nitrogens is 4. The fourth-order valence-corrected chi connectivity index (χ4v) is 2.95. The Labute approximate surface area is 166 Å². The van der Waals surface area contributed by atoms with Gasteiger partial charge in [0.25, 0.3) is 5.91 Å². The van der Waals surface area contributed by atoms with Crippen LogP contribution >= 0.6 is 11.6 Å². The zero-order valence-electron chi connectivity index (χ0n) is 14.9. The van der Waals surface area contributed by atoms with Crippen molar-refractivity contribution in [3.63, 3.8) is 0 Å². The monoisotopic (exact) mass is 399 g/mol. The van der Waals surface area contributed by atoms with Gasteiger partial charge in [0.05, 0.1) is 25.3 Å². The Morgan fingerprint density at radius 1 is 1.29 bits per heavy atom. The molecule has 28 heavy (non-hydrogen) atoms. The zero-order chi connectivity index (χ0) is 19.3. The molecule has 4 rings (SSSR count). The highest BCUT2D eigenvalue weighted by molar-refractivity contribution is 6.30. The summed E-state index contributed by atoms with van der Waals surface area (Å²) in [6.45, 7) is 1.49. The Hall–Kier alpha value is -2.97. The first-order chi connectivity index (χ1) is 13.7. The average molecular weight is 400 g/mol. The first kappa shape index (κ1) is 18.4. The van der Waals surface area contributed by atoms with Gasteiger partial charge in [-0.2, -0.15) is 0 Å². The predicted molar refractivity (Wildman–Crippen MR) is 102 cm³/mol. The van der Waals surface area contributed by atoms with Gasteiger partial charge in [0, 0.05) is 29.4 Å². The number of hydrogen-bond acceptors (Lipinski definition) is 6. The standard InChI is InChI=1S/C19H18ClN5O3/c20-14-2-4-15(5-3-14)25-12-23-24-17(25)10-22-19(26)13-1-6-18(21-9-13)28-16-7-8-27-11-16/h1-6,9,12,16H,7-8,10-11H2,(H,22,26)/t16-/m0/s1. The molecule has 1 amide bonds. The molecule has 1 fully saturated rings. The fourth-order valence-electron chi connectivity index (χ4n) is 2.82. The van der Waals surface area contributed by atoms with E-state index >= 15 is 0 Å². The number of carbonyl (C=O) groups excluding carboxylic acids is 1. The lowest BCUT2D eigenvalue weighted by molar-refractivity contribution is 0.0949. The van der Waals surface area contributed by atoms with Crippen molar-refractivity contribution in [3.8, 4) is 11.6 Å². The quantitative estimate of drug-likeness (QED) is 0.684. The van der Waals surface area contributed by atoms with Crippen molar-refractivity contribution in [1.82, 2.24) is 25.1 Å². The number of halogens is 1. The molecular weight excluding hydrogens is 382 g/mol. The van der Waals surface area contributed by atoms with E-state index in [0.717, 1.165) is 12.1 Å². The van der Waals surface area contributed by atoms with E-state index in [1.54, 1.807) is 35.2 Å². The minimum absolute atomic E-state index is 0.0198. The number of ether oxygens (including phenoxy) is 2. The highest BCUT2D eigenvalue weighted by Crippen LogP contribution is 2.16. The fraction of sp³-hybridized carbons (Fsp3) is 0.263. The van der Waals surface area contributed by atoms with Gasteiger partial charge >= 0.3 is 0 Å². The van der Waals surface area contributed by atoms with Crippen LogP contribution in [0.3, 0.4) is 0 Å². The van der Waals surface area contributed by atoms with Crippen molar-refractivity contribution in [2.75, 3.05) is 13.2 Å². The molecule has 9 heteroatoms. The number of nitrogens with one attached hydrogen (secondary N) is 1. The van der Waals surface area contributed by atoms with Gasteiger partial charge in [0.15, 0.2) is 5.82 Å². The maximum absolute atomic E-state index is 12.4. The molecule has 144 valence electrons. The molecular formula is C19H18ClN5O3. The number of hydrogen-bond donors (Lipinski definition) is 1. The molecule has 0 radical (unpaired) electrons. The van der Waals surface area contributed by atoms with Crippen LogP contribution in [0.15, 0.2) is 48.9 Å². The first-order valence-electron chi connectivity index (χ1n) is 8.82. The van der Waals surface area contributed by atoms with Crippen LogP contribution in [0.1, 0.15) is 22.6 Å². The molecule has 1 N–H and O–H groups in total. The van der Waals surface area contributed by atoms with Crippen molar-refractivity contribution < 1.29 is 14.3 Å². The summed E-state index contributed by atoms with van der Waals surface area (Å²) in [5.74, 6) is 0.827. The van der Waals surface area contributed by atoms with Crippen molar-refractivity contribution in [3.05, 3.63) is 65.3 Å². The average Bonchev–Trinajstić information content (AvgIpc) is 3.39. The number of rotatable bonds is 6. The van der Waals surface area contributed by atoms with Crippen LogP contribution in [0.25, 0.3) is 5.69 Å². The van der Waals surface area contributed by atoms with Crippen LogP contribution in [0.2, 0.25) is 5.02 Å². The van der Waals surface area contributed by atoms with E-state index in [9.17, 15) is 4.79 Å². The molecule has 1 atom stereocenters. The molecule has 3 heterocycles. The molecule has 0 spiro atoms. The predicted octanol–water partition coefficient (Wildman–Crippen LogP) is 2.41. The third-order valence-corrected chi connectivity index (χ3v) is 4.56. The summed E-state index contributed by atoms with van der Waals surface area (Å²) >= 11 is 5.92. The molecule has 0 bridgehead atoms. The summed E-state index contributed by atoms with van der Waals surface area (Å²) in [5.41, 5.74) is 1.30. The number of amides is 1. The lowest BCUT2D eigenvalue weighted by Crippen LogP contribution is -2.24. The van der Waals surface area contributed by atoms with Gasteiger partial charge < -0.3 is 14.8 Å². The Morgan fingerprint density at radius 3 is 2.86 bits per heavy atom. The second-order valence-corrected chi connectivity index (χ2v) is 6.70. The lowest BCUT2D eigenvalue weighted by atomic mass is 10.2. The van der Waals surface area contributed by atoms with Gasteiger partial charge in [-0.25, -0.2) is 4.98 Å². The van der Waals surface area contributed by atoms with Crippen molar-refractivity contribution in [2.24, 2.45) is 0 Å². The van der Waals surface area contributed by atoms with Crippen LogP contribution in [-0.4, -0.2) is 45.0 Å². The molecule has 1 saturated heterocycles. The normalized spacial score (nSPS) is 16.1. The topological polar surface area (TPSA) is 91.2 Å². The van der Waals surface area contributed by atoms with Crippen LogP contribution < -0.4 is 10.1 Å². The molecule has 1 aliphatic rings. The minimum Gasteiger partial charge on any atom is -0.472 e. The van der Waals surface area contributed by atoms with E-state index in [0.29, 0.717) is 35.5 Å². The van der Waals surface area contributed by atoms with Gasteiger partial charge in [0.2, 0.25) is 5.88 Å². The summed E-state index contributed by atoms with van der Waals surface area (Å²) in [7, 11) is 0. The van der Waals surface area contributed by atoms with Gasteiger partial charge in [-0.3, -0.25) is 9.36 Å². The largest absolute Gasteiger partial charge is 0.472 e. The molecule has 2 aromatic heterocycles. The van der Waals surface area contributed by atoms with E-state index in [2.05, 4.69) is 20.5 Å². The first-order valence-corrected chi connectivity index (χ1v) is 9.20. The van der Waals surface area contributed by atoms with Crippen molar-refractivity contribution in [2.45, 2.75) is 19.1 Å². The smallest absolute Gasteiger partial charge is 0.253 e. The summed E-state index contributed by atoms with van der Waals surface area (Å²) in [6.07, 6.45) is 3.94. The maximum atomic E-state index is 12.4. The Bertz CT molecular complexity index is 937. The van der Waals surface area contributed by atoms with Crippen LogP contribution in [-0.2, 0) is 11.3 Å². The second-order valence-electron chi connectivity index (χ2n) is 6.26. The summed E-state index contributed by atoms with van der Waals surface area (Å²) in [6, 6.07) is 10.6. The Balaban J connectivity index is 1.37. The SMILES string of the molecule is O=C(NCc1nncn1-c1ccc(Cl)cc1)c1ccc(O[C@H]2CCOC2)nc1. The maximum Gasteiger partial charge on any atom is 0.253 e. The Morgan fingerprint density at radius 2 is 2.14 bits per heavy atom. The number of carbonyl (C=O) groups is 1. The van der Waals surface area contributed by atoms with E-state index in [-0.39, 0.29) is 18.6 Å². The van der Waals surface area contributed by atoms with Crippen LogP contribution in [0.5, 0.6) is 5.88 Å². The lowest BCUT2D eigenvalue weighted by Gasteiger charge is -2.11. The van der Waals surface area contributed by atoms with E-state index in [4.69, 9.17) is 21.1 Å². The summed E-state index contributed by atoms with van der Waals surface area (Å²) in [5, 5.41) is 11.5. The molecule has 0 aliphatic carbocycles. The molecule has 3 aromatic rings. The Kier molecular flexibility index (Phi) is 5.50. The summed E-state index contributed by atoms with van der Waals surface area (Å²) in [4.78, 5) is 16.6. The second kappa shape index (κ2) is 8.37. The minimum atomic E-state index is -0.256. The van der Waals surface area contributed by atoms with Gasteiger partial charge in [-0.15, -0.1) is 10.2 Å².